The molecule has 2 aromatic carbocycles. The van der Waals surface area contributed by atoms with Gasteiger partial charge in [-0.05, 0) is 49.1 Å². The van der Waals surface area contributed by atoms with Crippen LogP contribution in [0.5, 0.6) is 0 Å². The molecule has 4 rings (SSSR count). The van der Waals surface area contributed by atoms with Gasteiger partial charge in [-0.1, -0.05) is 42.5 Å². The molecule has 1 heterocycles. The Morgan fingerprint density at radius 1 is 1.11 bits per heavy atom. The van der Waals surface area contributed by atoms with Crippen LogP contribution >= 0.6 is 11.3 Å². The van der Waals surface area contributed by atoms with Crippen LogP contribution in [0.4, 0.5) is 9.52 Å². The third-order valence-corrected chi connectivity index (χ3v) is 5.79. The molecular formula is C23H21FN2OS. The van der Waals surface area contributed by atoms with Gasteiger partial charge in [0, 0.05) is 16.9 Å². The van der Waals surface area contributed by atoms with E-state index in [1.165, 1.54) is 23.5 Å². The molecule has 142 valence electrons. The van der Waals surface area contributed by atoms with Gasteiger partial charge in [0.2, 0.25) is 5.91 Å². The number of allylic oxidation sites excluding steroid dienone is 2. The number of benzene rings is 2. The van der Waals surface area contributed by atoms with Gasteiger partial charge < -0.3 is 0 Å². The lowest BCUT2D eigenvalue weighted by Crippen LogP contribution is -2.36. The highest BCUT2D eigenvalue weighted by atomic mass is 32.1. The fourth-order valence-electron chi connectivity index (χ4n) is 3.39. The molecule has 5 heteroatoms. The number of nitrogens with zero attached hydrogens (tertiary/aromatic N) is 2. The van der Waals surface area contributed by atoms with Gasteiger partial charge in [0.25, 0.3) is 0 Å². The van der Waals surface area contributed by atoms with Crippen LogP contribution in [-0.4, -0.2) is 10.9 Å². The quantitative estimate of drug-likeness (QED) is 0.511. The molecule has 3 nitrogen and oxygen atoms in total. The number of thiazole rings is 1. The molecule has 0 radical (unpaired) electrons. The van der Waals surface area contributed by atoms with Crippen LogP contribution < -0.4 is 4.90 Å². The second kappa shape index (κ2) is 8.48. The second-order valence-corrected chi connectivity index (χ2v) is 7.75. The van der Waals surface area contributed by atoms with Crippen molar-refractivity contribution < 1.29 is 9.18 Å². The Labute approximate surface area is 168 Å². The first kappa shape index (κ1) is 18.6. The molecule has 28 heavy (non-hydrogen) atoms. The molecule has 1 aliphatic carbocycles. The molecule has 1 amide bonds. The summed E-state index contributed by atoms with van der Waals surface area (Å²) in [5.41, 5.74) is 2.67. The summed E-state index contributed by atoms with van der Waals surface area (Å²) in [5, 5.41) is 2.61. The molecule has 0 saturated heterocycles. The van der Waals surface area contributed by atoms with E-state index in [2.05, 4.69) is 12.2 Å². The molecule has 1 unspecified atom stereocenters. The highest BCUT2D eigenvalue weighted by molar-refractivity contribution is 7.14. The molecule has 0 spiro atoms. The van der Waals surface area contributed by atoms with Gasteiger partial charge in [-0.15, -0.1) is 11.3 Å². The predicted molar refractivity (Wildman–Crippen MR) is 112 cm³/mol. The molecule has 0 bridgehead atoms. The molecule has 1 aliphatic rings. The number of carbonyl (C=O) groups excluding carboxylic acids is 1. The van der Waals surface area contributed by atoms with E-state index in [1.807, 2.05) is 35.7 Å². The molecule has 1 atom stereocenters. The summed E-state index contributed by atoms with van der Waals surface area (Å²) >= 11 is 1.45. The monoisotopic (exact) mass is 392 g/mol. The van der Waals surface area contributed by atoms with E-state index in [0.29, 0.717) is 11.7 Å². The fraction of sp³-hybridized carbons (Fsp3) is 0.217. The maximum Gasteiger partial charge on any atom is 0.232 e. The molecule has 0 aliphatic heterocycles. The Kier molecular flexibility index (Phi) is 5.63. The zero-order chi connectivity index (χ0) is 19.3. The van der Waals surface area contributed by atoms with Crippen molar-refractivity contribution >= 4 is 22.4 Å². The summed E-state index contributed by atoms with van der Waals surface area (Å²) in [6, 6.07) is 16.3. The molecule has 1 aromatic heterocycles. The number of rotatable bonds is 5. The van der Waals surface area contributed by atoms with Crippen LogP contribution in [0.3, 0.4) is 0 Å². The third kappa shape index (κ3) is 4.20. The van der Waals surface area contributed by atoms with Crippen LogP contribution in [-0.2, 0) is 11.3 Å². The lowest BCUT2D eigenvalue weighted by atomic mass is 9.93. The van der Waals surface area contributed by atoms with Crippen molar-refractivity contribution in [3.63, 3.8) is 0 Å². The largest absolute Gasteiger partial charge is 0.283 e. The van der Waals surface area contributed by atoms with Crippen LogP contribution in [0.15, 0.2) is 72.1 Å². The topological polar surface area (TPSA) is 33.2 Å². The Balaban J connectivity index is 1.63. The summed E-state index contributed by atoms with van der Waals surface area (Å²) in [5.74, 6) is -0.162. The first-order valence-electron chi connectivity index (χ1n) is 9.42. The number of halogens is 1. The number of hydrogen-bond donors (Lipinski definition) is 0. The van der Waals surface area contributed by atoms with Gasteiger partial charge in [-0.2, -0.15) is 0 Å². The smallest absolute Gasteiger partial charge is 0.232 e. The average molecular weight is 392 g/mol. The van der Waals surface area contributed by atoms with E-state index in [1.54, 1.807) is 17.0 Å². The SMILES string of the molecule is O=C(C1CC=CCC1)N(Cc1ccccc1)c1nc(-c2ccc(F)cc2)cs1. The van der Waals surface area contributed by atoms with Crippen molar-refractivity contribution in [2.24, 2.45) is 5.92 Å². The lowest BCUT2D eigenvalue weighted by Gasteiger charge is -2.26. The zero-order valence-corrected chi connectivity index (χ0v) is 16.2. The van der Waals surface area contributed by atoms with Gasteiger partial charge in [-0.25, -0.2) is 9.37 Å². The van der Waals surface area contributed by atoms with Crippen LogP contribution in [0.1, 0.15) is 24.8 Å². The lowest BCUT2D eigenvalue weighted by molar-refractivity contribution is -0.122. The van der Waals surface area contributed by atoms with Gasteiger partial charge >= 0.3 is 0 Å². The van der Waals surface area contributed by atoms with Gasteiger partial charge in [0.05, 0.1) is 12.2 Å². The van der Waals surface area contributed by atoms with Crippen LogP contribution in [0, 0.1) is 11.7 Å². The van der Waals surface area contributed by atoms with E-state index >= 15 is 0 Å². The molecule has 0 saturated carbocycles. The minimum absolute atomic E-state index is 0.00752. The zero-order valence-electron chi connectivity index (χ0n) is 15.4. The molecule has 0 fully saturated rings. The first-order chi connectivity index (χ1) is 13.7. The van der Waals surface area contributed by atoms with Crippen molar-refractivity contribution in [1.29, 1.82) is 0 Å². The maximum atomic E-state index is 13.3. The third-order valence-electron chi connectivity index (χ3n) is 4.93. The Morgan fingerprint density at radius 2 is 1.89 bits per heavy atom. The average Bonchev–Trinajstić information content (AvgIpc) is 3.23. The summed E-state index contributed by atoms with van der Waals surface area (Å²) in [7, 11) is 0. The molecular weight excluding hydrogens is 371 g/mol. The highest BCUT2D eigenvalue weighted by Gasteiger charge is 2.27. The normalized spacial score (nSPS) is 16.1. The number of amides is 1. The van der Waals surface area contributed by atoms with Crippen LogP contribution in [0.25, 0.3) is 11.3 Å². The van der Waals surface area contributed by atoms with Gasteiger partial charge in [0.1, 0.15) is 5.82 Å². The number of hydrogen-bond acceptors (Lipinski definition) is 3. The predicted octanol–water partition coefficient (Wildman–Crippen LogP) is 5.84. The van der Waals surface area contributed by atoms with Crippen molar-refractivity contribution in [3.8, 4) is 11.3 Å². The Morgan fingerprint density at radius 3 is 2.61 bits per heavy atom. The van der Waals surface area contributed by atoms with E-state index in [-0.39, 0.29) is 17.6 Å². The summed E-state index contributed by atoms with van der Waals surface area (Å²) in [4.78, 5) is 19.8. The second-order valence-electron chi connectivity index (χ2n) is 6.91. The first-order valence-corrected chi connectivity index (χ1v) is 10.3. The standard InChI is InChI=1S/C23H21FN2OS/c24-20-13-11-18(12-14-20)21-16-28-23(25-21)26(15-17-7-3-1-4-8-17)22(27)19-9-5-2-6-10-19/h1-5,7-8,11-14,16,19H,6,9-10,15H2. The number of carbonyl (C=O) groups is 1. The Hall–Kier alpha value is -2.79. The summed E-state index contributed by atoms with van der Waals surface area (Å²) in [6.45, 7) is 0.496. The van der Waals surface area contributed by atoms with Gasteiger partial charge in [0.15, 0.2) is 5.13 Å². The Bertz CT molecular complexity index is 966. The number of aromatic nitrogens is 1. The summed E-state index contributed by atoms with van der Waals surface area (Å²) < 4.78 is 13.2. The minimum Gasteiger partial charge on any atom is -0.283 e. The minimum atomic E-state index is -0.273. The van der Waals surface area contributed by atoms with E-state index in [9.17, 15) is 9.18 Å². The summed E-state index contributed by atoms with van der Waals surface area (Å²) in [6.07, 6.45) is 6.82. The molecule has 3 aromatic rings. The van der Waals surface area contributed by atoms with E-state index in [0.717, 1.165) is 36.1 Å². The highest BCUT2D eigenvalue weighted by Crippen LogP contribution is 2.31. The number of anilines is 1. The van der Waals surface area contributed by atoms with Crippen molar-refractivity contribution in [1.82, 2.24) is 4.98 Å². The van der Waals surface area contributed by atoms with E-state index in [4.69, 9.17) is 4.98 Å². The molecule has 0 N–H and O–H groups in total. The van der Waals surface area contributed by atoms with Gasteiger partial charge in [-0.3, -0.25) is 9.69 Å². The van der Waals surface area contributed by atoms with Crippen molar-refractivity contribution in [2.45, 2.75) is 25.8 Å². The fourth-order valence-corrected chi connectivity index (χ4v) is 4.22. The maximum absolute atomic E-state index is 13.3. The van der Waals surface area contributed by atoms with Crippen molar-refractivity contribution in [3.05, 3.63) is 83.5 Å². The van der Waals surface area contributed by atoms with Crippen molar-refractivity contribution in [2.75, 3.05) is 4.90 Å². The van der Waals surface area contributed by atoms with Crippen LogP contribution in [0.2, 0.25) is 0 Å². The van der Waals surface area contributed by atoms with E-state index < -0.39 is 0 Å².